The third-order valence-electron chi connectivity index (χ3n) is 5.86. The van der Waals surface area contributed by atoms with Gasteiger partial charge in [-0.15, -0.1) is 0 Å². The van der Waals surface area contributed by atoms with Crippen LogP contribution in [0.15, 0.2) is 47.4 Å². The number of ether oxygens (including phenoxy) is 2. The van der Waals surface area contributed by atoms with Gasteiger partial charge < -0.3 is 19.9 Å². The van der Waals surface area contributed by atoms with E-state index >= 15 is 0 Å². The molecule has 2 aliphatic rings. The van der Waals surface area contributed by atoms with E-state index < -0.39 is 34.2 Å². The molecule has 0 aromatic heterocycles. The Morgan fingerprint density at radius 3 is 2.67 bits per heavy atom. The summed E-state index contributed by atoms with van der Waals surface area (Å²) in [5.41, 5.74) is 1.13. The van der Waals surface area contributed by atoms with Gasteiger partial charge in [0, 0.05) is 23.7 Å². The largest absolute Gasteiger partial charge is 0.487 e. The fourth-order valence-corrected chi connectivity index (χ4v) is 5.37. The number of amides is 1. The number of rotatable bonds is 8. The zero-order valence-corrected chi connectivity index (χ0v) is 19.0. The molecule has 2 aromatic carbocycles. The number of aliphatic hydroxyl groups is 1. The lowest BCUT2D eigenvalue weighted by Crippen LogP contribution is -2.47. The summed E-state index contributed by atoms with van der Waals surface area (Å²) in [6.45, 7) is 2.30. The third-order valence-corrected chi connectivity index (χ3v) is 7.26. The smallest absolute Gasteiger partial charge is 0.261 e. The standard InChI is InChI=1S/C23H27FN2O6S/c1-2-9-25-22(28)12-16-11-19-18-10-15(5-8-20(18)32-23(19)21(13-27)31-16)26-33(29,30)17-6-3-14(24)4-7-17/h3-8,10,16,19,21,23,26-27H,2,9,11-13H2,1H3,(H,25,28)/t16-,19-,21+,23+/m0/s1. The Hall–Kier alpha value is -2.69. The molecule has 0 aliphatic carbocycles. The number of aliphatic hydroxyl groups excluding tert-OH is 1. The molecule has 2 aromatic rings. The molecule has 8 nitrogen and oxygen atoms in total. The fourth-order valence-electron chi connectivity index (χ4n) is 4.32. The third kappa shape index (κ3) is 5.13. The van der Waals surface area contributed by atoms with Crippen molar-refractivity contribution >= 4 is 21.6 Å². The number of nitrogens with one attached hydrogen (secondary N) is 2. The van der Waals surface area contributed by atoms with Crippen LogP contribution in [0.5, 0.6) is 5.75 Å². The van der Waals surface area contributed by atoms with Crippen molar-refractivity contribution in [1.29, 1.82) is 0 Å². The predicted octanol–water partition coefficient (Wildman–Crippen LogP) is 2.54. The van der Waals surface area contributed by atoms with E-state index in [2.05, 4.69) is 10.0 Å². The number of carbonyl (C=O) groups excluding carboxylic acids is 1. The van der Waals surface area contributed by atoms with E-state index in [1.54, 1.807) is 18.2 Å². The van der Waals surface area contributed by atoms with Gasteiger partial charge in [-0.3, -0.25) is 9.52 Å². The SMILES string of the molecule is CCCNC(=O)C[C@@H]1C[C@H]2c3cc(NS(=O)(=O)c4ccc(F)cc4)ccc3O[C@H]2[C@@H](CO)O1. The molecule has 10 heteroatoms. The number of anilines is 1. The second-order valence-electron chi connectivity index (χ2n) is 8.27. The van der Waals surface area contributed by atoms with Crippen molar-refractivity contribution in [3.63, 3.8) is 0 Å². The fraction of sp³-hybridized carbons (Fsp3) is 0.435. The number of sulfonamides is 1. The molecule has 2 aliphatic heterocycles. The van der Waals surface area contributed by atoms with Crippen molar-refractivity contribution in [1.82, 2.24) is 5.32 Å². The second kappa shape index (κ2) is 9.66. The molecule has 0 bridgehead atoms. The lowest BCUT2D eigenvalue weighted by Gasteiger charge is -2.37. The summed E-state index contributed by atoms with van der Waals surface area (Å²) in [6.07, 6.45) is 0.0881. The zero-order chi connectivity index (χ0) is 23.6. The van der Waals surface area contributed by atoms with Gasteiger partial charge in [-0.2, -0.15) is 0 Å². The Balaban J connectivity index is 1.53. The number of fused-ring (bicyclic) bond motifs is 3. The first-order valence-corrected chi connectivity index (χ1v) is 12.4. The van der Waals surface area contributed by atoms with Gasteiger partial charge in [-0.1, -0.05) is 6.92 Å². The van der Waals surface area contributed by atoms with Crippen LogP contribution in [0.3, 0.4) is 0 Å². The molecular weight excluding hydrogens is 451 g/mol. The van der Waals surface area contributed by atoms with Crippen LogP contribution in [0, 0.1) is 5.82 Å². The van der Waals surface area contributed by atoms with Gasteiger partial charge in [0.25, 0.3) is 10.0 Å². The van der Waals surface area contributed by atoms with Crippen LogP contribution >= 0.6 is 0 Å². The Kier molecular flexibility index (Phi) is 6.87. The average Bonchev–Trinajstić information content (AvgIpc) is 3.15. The highest BCUT2D eigenvalue weighted by Crippen LogP contribution is 2.47. The highest BCUT2D eigenvalue weighted by Gasteiger charge is 2.46. The van der Waals surface area contributed by atoms with E-state index in [-0.39, 0.29) is 29.7 Å². The van der Waals surface area contributed by atoms with Gasteiger partial charge in [0.1, 0.15) is 23.8 Å². The van der Waals surface area contributed by atoms with Crippen LogP contribution in [-0.2, 0) is 19.6 Å². The number of carbonyl (C=O) groups is 1. The minimum Gasteiger partial charge on any atom is -0.487 e. The molecule has 4 rings (SSSR count). The monoisotopic (exact) mass is 478 g/mol. The van der Waals surface area contributed by atoms with E-state index in [0.29, 0.717) is 24.4 Å². The van der Waals surface area contributed by atoms with Crippen LogP contribution in [0.1, 0.15) is 37.7 Å². The lowest BCUT2D eigenvalue weighted by atomic mass is 9.84. The summed E-state index contributed by atoms with van der Waals surface area (Å²) >= 11 is 0. The lowest BCUT2D eigenvalue weighted by molar-refractivity contribution is -0.142. The summed E-state index contributed by atoms with van der Waals surface area (Å²) in [5.74, 6) is -0.208. The van der Waals surface area contributed by atoms with Gasteiger partial charge >= 0.3 is 0 Å². The van der Waals surface area contributed by atoms with E-state index in [0.717, 1.165) is 24.1 Å². The average molecular weight is 479 g/mol. The molecule has 0 radical (unpaired) electrons. The molecule has 1 fully saturated rings. The Morgan fingerprint density at radius 1 is 1.21 bits per heavy atom. The van der Waals surface area contributed by atoms with E-state index in [9.17, 15) is 22.7 Å². The zero-order valence-electron chi connectivity index (χ0n) is 18.2. The number of halogens is 1. The van der Waals surface area contributed by atoms with Crippen molar-refractivity contribution in [3.8, 4) is 5.75 Å². The van der Waals surface area contributed by atoms with Crippen LogP contribution in [0.4, 0.5) is 10.1 Å². The second-order valence-corrected chi connectivity index (χ2v) is 9.95. The molecule has 3 N–H and O–H groups in total. The first-order chi connectivity index (χ1) is 15.8. The van der Waals surface area contributed by atoms with Crippen molar-refractivity contribution in [2.45, 2.75) is 55.3 Å². The molecule has 0 saturated carbocycles. The maximum Gasteiger partial charge on any atom is 0.261 e. The van der Waals surface area contributed by atoms with Crippen LogP contribution < -0.4 is 14.8 Å². The summed E-state index contributed by atoms with van der Waals surface area (Å²) < 4.78 is 53.0. The number of hydrogen-bond acceptors (Lipinski definition) is 6. The molecule has 178 valence electrons. The van der Waals surface area contributed by atoms with Crippen LogP contribution in [0.25, 0.3) is 0 Å². The van der Waals surface area contributed by atoms with Gasteiger partial charge in [0.05, 0.1) is 24.0 Å². The summed E-state index contributed by atoms with van der Waals surface area (Å²) in [7, 11) is -3.90. The predicted molar refractivity (Wildman–Crippen MR) is 119 cm³/mol. The summed E-state index contributed by atoms with van der Waals surface area (Å²) in [6, 6.07) is 9.53. The van der Waals surface area contributed by atoms with Gasteiger partial charge in [-0.05, 0) is 55.3 Å². The van der Waals surface area contributed by atoms with Gasteiger partial charge in [-0.25, -0.2) is 12.8 Å². The van der Waals surface area contributed by atoms with E-state index in [4.69, 9.17) is 9.47 Å². The molecule has 2 heterocycles. The molecule has 0 unspecified atom stereocenters. The quantitative estimate of drug-likeness (QED) is 0.537. The Bertz CT molecular complexity index is 1110. The molecule has 1 saturated heterocycles. The summed E-state index contributed by atoms with van der Waals surface area (Å²) in [4.78, 5) is 12.1. The Morgan fingerprint density at radius 2 is 1.97 bits per heavy atom. The number of hydrogen-bond donors (Lipinski definition) is 3. The number of benzene rings is 2. The normalized spacial score (nSPS) is 23.8. The van der Waals surface area contributed by atoms with Crippen molar-refractivity contribution < 1.29 is 32.2 Å². The van der Waals surface area contributed by atoms with Crippen molar-refractivity contribution in [2.75, 3.05) is 17.9 Å². The maximum absolute atomic E-state index is 13.2. The van der Waals surface area contributed by atoms with Crippen molar-refractivity contribution in [3.05, 3.63) is 53.8 Å². The molecule has 4 atom stereocenters. The first-order valence-electron chi connectivity index (χ1n) is 10.9. The minimum atomic E-state index is -3.90. The molecule has 0 spiro atoms. The Labute approximate surface area is 192 Å². The van der Waals surface area contributed by atoms with Gasteiger partial charge in [0.2, 0.25) is 5.91 Å². The highest BCUT2D eigenvalue weighted by molar-refractivity contribution is 7.92. The van der Waals surface area contributed by atoms with E-state index in [1.807, 2.05) is 6.92 Å². The molecule has 33 heavy (non-hydrogen) atoms. The van der Waals surface area contributed by atoms with Gasteiger partial charge in [0.15, 0.2) is 0 Å². The topological polar surface area (TPSA) is 114 Å². The first kappa shape index (κ1) is 23.5. The molecular formula is C23H27FN2O6S. The van der Waals surface area contributed by atoms with Crippen LogP contribution in [0.2, 0.25) is 0 Å². The highest BCUT2D eigenvalue weighted by atomic mass is 32.2. The summed E-state index contributed by atoms with van der Waals surface area (Å²) in [5, 5.41) is 12.7. The van der Waals surface area contributed by atoms with E-state index in [1.165, 1.54) is 12.1 Å². The maximum atomic E-state index is 13.2. The van der Waals surface area contributed by atoms with Crippen LogP contribution in [-0.4, -0.2) is 50.9 Å². The molecule has 1 amide bonds. The minimum absolute atomic E-state index is 0.0527. The van der Waals surface area contributed by atoms with Crippen molar-refractivity contribution in [2.24, 2.45) is 0 Å².